The van der Waals surface area contributed by atoms with Crippen molar-refractivity contribution in [1.29, 1.82) is 0 Å². The average molecular weight is 538 g/mol. The standard InChI is InChI=1S/C40H24O/c1-2-13-26-25(12-1)24-35(28-15-4-3-14-27(26)28)39-31-18-7-5-16-29(31)38(30-17-6-8-19-32(30)39)34-21-11-23-37-40(34)33-20-9-10-22-36(33)41-37/h1-24H/i1D,2D,3D,4D,5D,6D,7D,8D,12D,13D,14D,15D,16D,17D,18D,19D,24D. The number of rotatable bonds is 2. The molecule has 0 bridgehead atoms. The van der Waals surface area contributed by atoms with Crippen molar-refractivity contribution in [3.63, 3.8) is 0 Å². The van der Waals surface area contributed by atoms with E-state index >= 15 is 0 Å². The molecular formula is C40H24O. The van der Waals surface area contributed by atoms with Crippen molar-refractivity contribution >= 4 is 65.0 Å². The largest absolute Gasteiger partial charge is 0.456 e. The lowest BCUT2D eigenvalue weighted by atomic mass is 9.83. The highest BCUT2D eigenvalue weighted by atomic mass is 16.3. The van der Waals surface area contributed by atoms with Gasteiger partial charge >= 0.3 is 0 Å². The summed E-state index contributed by atoms with van der Waals surface area (Å²) in [7, 11) is 0. The molecule has 0 radical (unpaired) electrons. The normalized spacial score (nSPS) is 17.7. The Kier molecular flexibility index (Phi) is 2.42. The molecule has 0 aliphatic rings. The van der Waals surface area contributed by atoms with Gasteiger partial charge in [0.15, 0.2) is 0 Å². The average Bonchev–Trinajstić information content (AvgIpc) is 3.60. The minimum atomic E-state index is -0.786. The molecule has 9 rings (SSSR count). The fraction of sp³-hybridized carbons (Fsp3) is 0. The van der Waals surface area contributed by atoms with E-state index in [1.54, 1.807) is 42.5 Å². The van der Waals surface area contributed by atoms with E-state index in [1.807, 2.05) is 0 Å². The molecule has 0 saturated carbocycles. The molecule has 1 heterocycles. The number of hydrogen-bond donors (Lipinski definition) is 0. The van der Waals surface area contributed by atoms with Gasteiger partial charge < -0.3 is 4.42 Å². The molecule has 0 unspecified atom stereocenters. The molecule has 0 spiro atoms. The zero-order valence-corrected chi connectivity index (χ0v) is 20.9. The molecule has 9 aromatic rings. The van der Waals surface area contributed by atoms with Crippen LogP contribution in [0.1, 0.15) is 23.3 Å². The Labute approximate surface area is 260 Å². The molecule has 0 atom stereocenters. The number of fused-ring (bicyclic) bond motifs is 8. The third kappa shape index (κ3) is 3.18. The van der Waals surface area contributed by atoms with Crippen LogP contribution in [0, 0.1) is 0 Å². The maximum atomic E-state index is 9.74. The van der Waals surface area contributed by atoms with Gasteiger partial charge in [-0.3, -0.25) is 0 Å². The molecule has 0 fully saturated rings. The molecule has 0 aliphatic carbocycles. The molecule has 41 heavy (non-hydrogen) atoms. The second kappa shape index (κ2) is 8.55. The van der Waals surface area contributed by atoms with Gasteiger partial charge in [-0.05, 0) is 83.5 Å². The zero-order chi connectivity index (χ0) is 41.7. The predicted octanol–water partition coefficient (Wildman–Crippen LogP) is 11.5. The summed E-state index contributed by atoms with van der Waals surface area (Å²) in [5, 5.41) is -1.85. The van der Waals surface area contributed by atoms with E-state index in [4.69, 9.17) is 19.5 Å². The van der Waals surface area contributed by atoms with Crippen molar-refractivity contribution in [2.24, 2.45) is 0 Å². The van der Waals surface area contributed by atoms with Crippen LogP contribution in [-0.2, 0) is 0 Å². The molecule has 1 heteroatoms. The minimum absolute atomic E-state index is 0.0228. The second-order valence-electron chi connectivity index (χ2n) is 9.53. The molecule has 0 aliphatic heterocycles. The fourth-order valence-corrected chi connectivity index (χ4v) is 5.78. The lowest BCUT2D eigenvalue weighted by molar-refractivity contribution is 0.669. The van der Waals surface area contributed by atoms with Gasteiger partial charge in [0.05, 0.1) is 23.3 Å². The van der Waals surface area contributed by atoms with Gasteiger partial charge in [-0.15, -0.1) is 0 Å². The highest BCUT2D eigenvalue weighted by Crippen LogP contribution is 2.48. The van der Waals surface area contributed by atoms with Crippen LogP contribution in [0.25, 0.3) is 87.3 Å². The van der Waals surface area contributed by atoms with Crippen LogP contribution in [0.3, 0.4) is 0 Å². The van der Waals surface area contributed by atoms with Crippen molar-refractivity contribution < 1.29 is 27.7 Å². The molecular weight excluding hydrogens is 496 g/mol. The Morgan fingerprint density at radius 3 is 1.66 bits per heavy atom. The Morgan fingerprint density at radius 1 is 0.415 bits per heavy atom. The fourth-order valence-electron chi connectivity index (χ4n) is 5.78. The van der Waals surface area contributed by atoms with E-state index in [0.29, 0.717) is 21.9 Å². The van der Waals surface area contributed by atoms with Gasteiger partial charge in [-0.1, -0.05) is 127 Å². The van der Waals surface area contributed by atoms with Gasteiger partial charge in [0.2, 0.25) is 0 Å². The van der Waals surface area contributed by atoms with Gasteiger partial charge in [-0.25, -0.2) is 0 Å². The van der Waals surface area contributed by atoms with Gasteiger partial charge in [0.25, 0.3) is 0 Å². The SMILES string of the molecule is [2H]c1c([2H])c([2H])c2c(-c3cccc4oc5ccccc5c34)c3c([2H])c([2H])c([2H])c([2H])c3c(-c3c([2H])c4c([2H])c([2H])c([2H])c([2H])c4c4c([2H])c([2H])c([2H])c([2H])c34)c2c1[2H]. The Morgan fingerprint density at radius 2 is 0.951 bits per heavy atom. The molecule has 1 aromatic heterocycles. The third-order valence-corrected chi connectivity index (χ3v) is 7.42. The first-order valence-electron chi connectivity index (χ1n) is 21.2. The maximum absolute atomic E-state index is 9.74. The summed E-state index contributed by atoms with van der Waals surface area (Å²) in [5.74, 6) is 0. The van der Waals surface area contributed by atoms with E-state index in [2.05, 4.69) is 0 Å². The van der Waals surface area contributed by atoms with Gasteiger partial charge in [0, 0.05) is 10.8 Å². The maximum Gasteiger partial charge on any atom is 0.136 e. The lowest BCUT2D eigenvalue weighted by Crippen LogP contribution is -1.92. The molecule has 190 valence electrons. The quantitative estimate of drug-likeness (QED) is 0.158. The molecule has 0 N–H and O–H groups in total. The van der Waals surface area contributed by atoms with E-state index < -0.39 is 135 Å². The van der Waals surface area contributed by atoms with Crippen molar-refractivity contribution in [2.75, 3.05) is 0 Å². The first-order chi connectivity index (χ1) is 27.4. The van der Waals surface area contributed by atoms with Crippen LogP contribution in [0.15, 0.2) is 150 Å². The van der Waals surface area contributed by atoms with E-state index in [1.165, 1.54) is 0 Å². The molecule has 1 nitrogen and oxygen atoms in total. The smallest absolute Gasteiger partial charge is 0.136 e. The minimum Gasteiger partial charge on any atom is -0.456 e. The van der Waals surface area contributed by atoms with E-state index in [0.717, 1.165) is 0 Å². The van der Waals surface area contributed by atoms with Crippen LogP contribution in [-0.4, -0.2) is 0 Å². The molecule has 0 amide bonds. The monoisotopic (exact) mass is 537 g/mol. The van der Waals surface area contributed by atoms with Crippen LogP contribution in [0.5, 0.6) is 0 Å². The Hall–Kier alpha value is -5.40. The summed E-state index contributed by atoms with van der Waals surface area (Å²) in [6.45, 7) is 0. The first kappa shape index (κ1) is 11.6. The van der Waals surface area contributed by atoms with Crippen LogP contribution < -0.4 is 0 Å². The van der Waals surface area contributed by atoms with Gasteiger partial charge in [0.1, 0.15) is 11.2 Å². The van der Waals surface area contributed by atoms with Crippen LogP contribution in [0.2, 0.25) is 0 Å². The van der Waals surface area contributed by atoms with E-state index in [-0.39, 0.29) is 32.7 Å². The third-order valence-electron chi connectivity index (χ3n) is 7.42. The topological polar surface area (TPSA) is 13.1 Å². The van der Waals surface area contributed by atoms with Crippen LogP contribution in [0.4, 0.5) is 0 Å². The number of hydrogen-bond acceptors (Lipinski definition) is 1. The summed E-state index contributed by atoms with van der Waals surface area (Å²) in [5.41, 5.74) is 0.202. The Balaban J connectivity index is 1.71. The lowest BCUT2D eigenvalue weighted by Gasteiger charge is -2.20. The first-order valence-corrected chi connectivity index (χ1v) is 12.7. The van der Waals surface area contributed by atoms with Gasteiger partial charge in [-0.2, -0.15) is 0 Å². The number of para-hydroxylation sites is 1. The van der Waals surface area contributed by atoms with Crippen molar-refractivity contribution in [3.8, 4) is 22.3 Å². The highest BCUT2D eigenvalue weighted by Gasteiger charge is 2.21. The zero-order valence-electron chi connectivity index (χ0n) is 37.9. The molecule has 0 saturated heterocycles. The summed E-state index contributed by atoms with van der Waals surface area (Å²) in [6, 6.07) is -0.213. The highest BCUT2D eigenvalue weighted by molar-refractivity contribution is 6.28. The van der Waals surface area contributed by atoms with Crippen molar-refractivity contribution in [3.05, 3.63) is 145 Å². The van der Waals surface area contributed by atoms with Crippen LogP contribution >= 0.6 is 0 Å². The van der Waals surface area contributed by atoms with E-state index in [9.17, 15) is 8.22 Å². The van der Waals surface area contributed by atoms with Crippen molar-refractivity contribution in [1.82, 2.24) is 0 Å². The summed E-state index contributed by atoms with van der Waals surface area (Å²) < 4.78 is 159. The summed E-state index contributed by atoms with van der Waals surface area (Å²) in [6.07, 6.45) is 0. The number of benzene rings is 8. The van der Waals surface area contributed by atoms with Crippen molar-refractivity contribution in [2.45, 2.75) is 0 Å². The summed E-state index contributed by atoms with van der Waals surface area (Å²) in [4.78, 5) is 0. The number of furan rings is 1. The molecule has 8 aromatic carbocycles. The predicted molar refractivity (Wildman–Crippen MR) is 175 cm³/mol. The Bertz CT molecular complexity index is 3340. The second-order valence-corrected chi connectivity index (χ2v) is 9.53. The summed E-state index contributed by atoms with van der Waals surface area (Å²) >= 11 is 0.